The monoisotopic (exact) mass is 285 g/mol. The van der Waals surface area contributed by atoms with Crippen LogP contribution in [0.5, 0.6) is 0 Å². The normalized spacial score (nSPS) is 23.4. The highest BCUT2D eigenvalue weighted by atomic mass is 16.4. The number of nitrogens with zero attached hydrogens (tertiary/aromatic N) is 2. The number of rotatable bonds is 8. The molecule has 5 heteroatoms. The maximum Gasteiger partial charge on any atom is 0.320 e. The summed E-state index contributed by atoms with van der Waals surface area (Å²) in [5.41, 5.74) is 0. The predicted octanol–water partition coefficient (Wildman–Crippen LogP) is 1.25. The lowest BCUT2D eigenvalue weighted by Crippen LogP contribution is -2.44. The fourth-order valence-corrected chi connectivity index (χ4v) is 2.90. The van der Waals surface area contributed by atoms with Gasteiger partial charge < -0.3 is 15.3 Å². The van der Waals surface area contributed by atoms with Crippen molar-refractivity contribution < 1.29 is 9.90 Å². The molecule has 0 saturated carbocycles. The summed E-state index contributed by atoms with van der Waals surface area (Å²) in [4.78, 5) is 16.1. The van der Waals surface area contributed by atoms with Crippen LogP contribution < -0.4 is 5.32 Å². The van der Waals surface area contributed by atoms with E-state index in [9.17, 15) is 9.90 Å². The quantitative estimate of drug-likeness (QED) is 0.703. The van der Waals surface area contributed by atoms with E-state index < -0.39 is 12.0 Å². The molecule has 0 aliphatic carbocycles. The molecule has 1 aliphatic heterocycles. The molecule has 0 aromatic carbocycles. The van der Waals surface area contributed by atoms with Crippen molar-refractivity contribution in [3.05, 3.63) is 0 Å². The van der Waals surface area contributed by atoms with Gasteiger partial charge in [-0.05, 0) is 52.4 Å². The van der Waals surface area contributed by atoms with Gasteiger partial charge in [0.2, 0.25) is 0 Å². The SMILES string of the molecule is CCCNC(CCN1CCCN(C)CC1CC)C(=O)O. The summed E-state index contributed by atoms with van der Waals surface area (Å²) >= 11 is 0. The Balaban J connectivity index is 2.49. The number of nitrogens with one attached hydrogen (secondary N) is 1. The van der Waals surface area contributed by atoms with Crippen LogP contribution in [0.4, 0.5) is 0 Å². The second-order valence-corrected chi connectivity index (χ2v) is 5.85. The van der Waals surface area contributed by atoms with Crippen LogP contribution in [0.15, 0.2) is 0 Å². The third-order valence-electron chi connectivity index (χ3n) is 4.14. The lowest BCUT2D eigenvalue weighted by Gasteiger charge is -2.31. The second kappa shape index (κ2) is 9.32. The first-order valence-electron chi connectivity index (χ1n) is 7.97. The van der Waals surface area contributed by atoms with Crippen LogP contribution >= 0.6 is 0 Å². The Kier molecular flexibility index (Phi) is 8.11. The number of carboxylic acid groups (broad SMARTS) is 1. The minimum absolute atomic E-state index is 0.409. The summed E-state index contributed by atoms with van der Waals surface area (Å²) in [6, 6.07) is 0.150. The summed E-state index contributed by atoms with van der Waals surface area (Å²) in [5.74, 6) is -0.724. The van der Waals surface area contributed by atoms with Gasteiger partial charge in [0.15, 0.2) is 0 Å². The Morgan fingerprint density at radius 2 is 2.15 bits per heavy atom. The zero-order valence-corrected chi connectivity index (χ0v) is 13.3. The molecule has 1 heterocycles. The largest absolute Gasteiger partial charge is 0.480 e. The fourth-order valence-electron chi connectivity index (χ4n) is 2.90. The van der Waals surface area contributed by atoms with E-state index in [-0.39, 0.29) is 0 Å². The number of likely N-dealkylation sites (N-methyl/N-ethyl adjacent to an activating group) is 1. The van der Waals surface area contributed by atoms with Gasteiger partial charge in [-0.3, -0.25) is 9.69 Å². The van der Waals surface area contributed by atoms with E-state index in [4.69, 9.17) is 0 Å². The van der Waals surface area contributed by atoms with Crippen molar-refractivity contribution in [3.63, 3.8) is 0 Å². The van der Waals surface area contributed by atoms with Gasteiger partial charge in [0.05, 0.1) is 0 Å². The molecule has 118 valence electrons. The van der Waals surface area contributed by atoms with Crippen LogP contribution in [-0.4, -0.2) is 72.7 Å². The fraction of sp³-hybridized carbons (Fsp3) is 0.933. The minimum atomic E-state index is -0.724. The first-order chi connectivity index (χ1) is 9.58. The summed E-state index contributed by atoms with van der Waals surface area (Å²) in [6.07, 6.45) is 3.96. The van der Waals surface area contributed by atoms with E-state index in [1.807, 2.05) is 0 Å². The van der Waals surface area contributed by atoms with Crippen molar-refractivity contribution in [2.24, 2.45) is 0 Å². The number of carboxylic acids is 1. The standard InChI is InChI=1S/C15H31N3O2/c1-4-8-16-14(15(19)20)7-11-18-10-6-9-17(3)12-13(18)5-2/h13-14,16H,4-12H2,1-3H3,(H,19,20). The summed E-state index contributed by atoms with van der Waals surface area (Å²) in [5, 5.41) is 12.4. The van der Waals surface area contributed by atoms with Gasteiger partial charge in [0, 0.05) is 19.1 Å². The van der Waals surface area contributed by atoms with Gasteiger partial charge in [0.25, 0.3) is 0 Å². The third kappa shape index (κ3) is 5.77. The smallest absolute Gasteiger partial charge is 0.320 e. The maximum absolute atomic E-state index is 11.3. The molecule has 1 rings (SSSR count). The molecule has 1 saturated heterocycles. The molecule has 2 N–H and O–H groups in total. The molecule has 0 aromatic heterocycles. The first kappa shape index (κ1) is 17.4. The highest BCUT2D eigenvalue weighted by molar-refractivity contribution is 5.73. The number of carbonyl (C=O) groups is 1. The Hall–Kier alpha value is -0.650. The summed E-state index contributed by atoms with van der Waals surface area (Å²) in [7, 11) is 2.18. The molecule has 0 aromatic rings. The Morgan fingerprint density at radius 1 is 1.40 bits per heavy atom. The van der Waals surface area contributed by atoms with Crippen molar-refractivity contribution in [1.82, 2.24) is 15.1 Å². The van der Waals surface area contributed by atoms with Crippen LogP contribution in [0.25, 0.3) is 0 Å². The van der Waals surface area contributed by atoms with Gasteiger partial charge in [-0.15, -0.1) is 0 Å². The van der Waals surface area contributed by atoms with E-state index >= 15 is 0 Å². The molecular formula is C15H31N3O2. The predicted molar refractivity (Wildman–Crippen MR) is 82.1 cm³/mol. The van der Waals surface area contributed by atoms with Crippen molar-refractivity contribution in [2.45, 2.75) is 51.6 Å². The number of aliphatic carboxylic acids is 1. The average molecular weight is 285 g/mol. The molecular weight excluding hydrogens is 254 g/mol. The van der Waals surface area contributed by atoms with E-state index in [0.29, 0.717) is 12.5 Å². The van der Waals surface area contributed by atoms with Crippen LogP contribution in [-0.2, 0) is 4.79 Å². The molecule has 0 radical (unpaired) electrons. The highest BCUT2D eigenvalue weighted by Crippen LogP contribution is 2.13. The zero-order valence-electron chi connectivity index (χ0n) is 13.3. The summed E-state index contributed by atoms with van der Waals surface area (Å²) < 4.78 is 0. The van der Waals surface area contributed by atoms with Crippen molar-refractivity contribution in [3.8, 4) is 0 Å². The van der Waals surface area contributed by atoms with Crippen molar-refractivity contribution >= 4 is 5.97 Å². The molecule has 2 atom stereocenters. The lowest BCUT2D eigenvalue weighted by molar-refractivity contribution is -0.139. The molecule has 2 unspecified atom stereocenters. The zero-order chi connectivity index (χ0) is 15.0. The van der Waals surface area contributed by atoms with E-state index in [1.165, 1.54) is 6.42 Å². The minimum Gasteiger partial charge on any atom is -0.480 e. The average Bonchev–Trinajstić information content (AvgIpc) is 2.59. The van der Waals surface area contributed by atoms with Gasteiger partial charge in [-0.25, -0.2) is 0 Å². The van der Waals surface area contributed by atoms with Gasteiger partial charge in [-0.1, -0.05) is 13.8 Å². The van der Waals surface area contributed by atoms with Crippen LogP contribution in [0.2, 0.25) is 0 Å². The highest BCUT2D eigenvalue weighted by Gasteiger charge is 2.24. The van der Waals surface area contributed by atoms with Crippen LogP contribution in [0, 0.1) is 0 Å². The molecule has 1 aliphatic rings. The summed E-state index contributed by atoms with van der Waals surface area (Å²) in [6.45, 7) is 9.25. The van der Waals surface area contributed by atoms with E-state index in [1.54, 1.807) is 0 Å². The number of hydrogen-bond donors (Lipinski definition) is 2. The molecule has 0 amide bonds. The topological polar surface area (TPSA) is 55.8 Å². The lowest BCUT2D eigenvalue weighted by atomic mass is 10.1. The molecule has 0 spiro atoms. The molecule has 1 fully saturated rings. The molecule has 0 bridgehead atoms. The van der Waals surface area contributed by atoms with E-state index in [2.05, 4.69) is 36.0 Å². The molecule has 5 nitrogen and oxygen atoms in total. The Morgan fingerprint density at radius 3 is 2.75 bits per heavy atom. The Labute approximate surface area is 123 Å². The second-order valence-electron chi connectivity index (χ2n) is 5.85. The van der Waals surface area contributed by atoms with Gasteiger partial charge >= 0.3 is 5.97 Å². The van der Waals surface area contributed by atoms with Gasteiger partial charge in [-0.2, -0.15) is 0 Å². The molecule has 20 heavy (non-hydrogen) atoms. The van der Waals surface area contributed by atoms with E-state index in [0.717, 1.165) is 45.6 Å². The van der Waals surface area contributed by atoms with Crippen LogP contribution in [0.1, 0.15) is 39.5 Å². The third-order valence-corrected chi connectivity index (χ3v) is 4.14. The first-order valence-corrected chi connectivity index (χ1v) is 7.97. The van der Waals surface area contributed by atoms with Gasteiger partial charge in [0.1, 0.15) is 6.04 Å². The maximum atomic E-state index is 11.3. The van der Waals surface area contributed by atoms with Crippen LogP contribution in [0.3, 0.4) is 0 Å². The van der Waals surface area contributed by atoms with Crippen molar-refractivity contribution in [2.75, 3.05) is 39.8 Å². The number of hydrogen-bond acceptors (Lipinski definition) is 4. The van der Waals surface area contributed by atoms with Crippen molar-refractivity contribution in [1.29, 1.82) is 0 Å². The Bertz CT molecular complexity index is 286.